The molecule has 1 unspecified atom stereocenters. The molecule has 0 saturated heterocycles. The van der Waals surface area contributed by atoms with Crippen LogP contribution in [0.2, 0.25) is 0 Å². The number of hydrogen-bond acceptors (Lipinski definition) is 5. The van der Waals surface area contributed by atoms with E-state index in [1.54, 1.807) is 0 Å². The zero-order valence-electron chi connectivity index (χ0n) is 11.3. The first-order valence-corrected chi connectivity index (χ1v) is 7.31. The van der Waals surface area contributed by atoms with Crippen LogP contribution in [0.25, 0.3) is 0 Å². The van der Waals surface area contributed by atoms with Gasteiger partial charge in [0.05, 0.1) is 10.6 Å². The largest absolute Gasteiger partial charge is 0.299 e. The van der Waals surface area contributed by atoms with Gasteiger partial charge in [-0.3, -0.25) is 14.5 Å². The van der Waals surface area contributed by atoms with Crippen LogP contribution in [0.15, 0.2) is 46.9 Å². The standard InChI is InChI=1S/C15H13N3O2S/c1-11-7-8-21-14(11)15(20)17-10-16-18(13(17)9-19)12-5-3-2-4-6-12/h2-10,13H,1H3. The number of thiophene rings is 1. The third-order valence-corrected chi connectivity index (χ3v) is 4.27. The smallest absolute Gasteiger partial charge is 0.271 e. The number of aldehydes is 1. The van der Waals surface area contributed by atoms with Crippen molar-refractivity contribution in [2.45, 2.75) is 13.1 Å². The molecule has 0 N–H and O–H groups in total. The Kier molecular flexibility index (Phi) is 3.53. The summed E-state index contributed by atoms with van der Waals surface area (Å²) in [6.45, 7) is 1.88. The normalized spacial score (nSPS) is 17.3. The first kappa shape index (κ1) is 13.5. The van der Waals surface area contributed by atoms with Crippen LogP contribution in [0.4, 0.5) is 5.69 Å². The highest BCUT2D eigenvalue weighted by Gasteiger charge is 2.34. The second-order valence-electron chi connectivity index (χ2n) is 4.61. The van der Waals surface area contributed by atoms with Crippen molar-refractivity contribution in [3.8, 4) is 0 Å². The maximum atomic E-state index is 12.5. The lowest BCUT2D eigenvalue weighted by Gasteiger charge is -2.24. The van der Waals surface area contributed by atoms with E-state index in [2.05, 4.69) is 5.10 Å². The second kappa shape index (κ2) is 5.49. The fourth-order valence-electron chi connectivity index (χ4n) is 2.17. The van der Waals surface area contributed by atoms with E-state index < -0.39 is 6.17 Å². The van der Waals surface area contributed by atoms with Gasteiger partial charge in [-0.15, -0.1) is 11.3 Å². The van der Waals surface area contributed by atoms with Crippen molar-refractivity contribution in [3.63, 3.8) is 0 Å². The molecule has 0 aliphatic carbocycles. The molecule has 1 aromatic heterocycles. The highest BCUT2D eigenvalue weighted by molar-refractivity contribution is 7.12. The SMILES string of the molecule is Cc1ccsc1C(=O)N1C=NN(c2ccccc2)C1C=O. The lowest BCUT2D eigenvalue weighted by Crippen LogP contribution is -2.44. The lowest BCUT2D eigenvalue weighted by molar-refractivity contribution is -0.110. The Labute approximate surface area is 126 Å². The van der Waals surface area contributed by atoms with E-state index in [0.29, 0.717) is 4.88 Å². The van der Waals surface area contributed by atoms with Crippen molar-refractivity contribution < 1.29 is 9.59 Å². The van der Waals surface area contributed by atoms with Crippen molar-refractivity contribution in [1.82, 2.24) is 4.90 Å². The number of para-hydroxylation sites is 1. The van der Waals surface area contributed by atoms with Crippen LogP contribution in [0.5, 0.6) is 0 Å². The van der Waals surface area contributed by atoms with E-state index in [-0.39, 0.29) is 5.91 Å². The van der Waals surface area contributed by atoms with Gasteiger partial charge in [0.1, 0.15) is 6.34 Å². The summed E-state index contributed by atoms with van der Waals surface area (Å²) in [7, 11) is 0. The number of hydrazone groups is 1. The van der Waals surface area contributed by atoms with Crippen LogP contribution in [-0.4, -0.2) is 29.6 Å². The number of benzene rings is 1. The van der Waals surface area contributed by atoms with Gasteiger partial charge >= 0.3 is 0 Å². The molecule has 1 aliphatic heterocycles. The zero-order chi connectivity index (χ0) is 14.8. The highest BCUT2D eigenvalue weighted by atomic mass is 32.1. The van der Waals surface area contributed by atoms with E-state index in [1.807, 2.05) is 48.7 Å². The summed E-state index contributed by atoms with van der Waals surface area (Å²) >= 11 is 1.37. The van der Waals surface area contributed by atoms with E-state index >= 15 is 0 Å². The Morgan fingerprint density at radius 1 is 1.29 bits per heavy atom. The summed E-state index contributed by atoms with van der Waals surface area (Å²) in [5, 5.41) is 7.58. The number of amides is 1. The number of carbonyl (C=O) groups is 2. The molecular weight excluding hydrogens is 286 g/mol. The molecule has 21 heavy (non-hydrogen) atoms. The molecule has 0 spiro atoms. The van der Waals surface area contributed by atoms with Crippen LogP contribution >= 0.6 is 11.3 Å². The zero-order valence-corrected chi connectivity index (χ0v) is 12.2. The van der Waals surface area contributed by atoms with E-state index in [9.17, 15) is 9.59 Å². The van der Waals surface area contributed by atoms with Gasteiger partial charge in [-0.2, -0.15) is 5.10 Å². The van der Waals surface area contributed by atoms with Gasteiger partial charge in [-0.1, -0.05) is 18.2 Å². The van der Waals surface area contributed by atoms with Gasteiger partial charge in [0, 0.05) is 0 Å². The van der Waals surface area contributed by atoms with E-state index in [1.165, 1.54) is 27.6 Å². The van der Waals surface area contributed by atoms with E-state index in [4.69, 9.17) is 0 Å². The molecule has 1 aromatic carbocycles. The number of hydrogen-bond donors (Lipinski definition) is 0. The molecule has 106 valence electrons. The summed E-state index contributed by atoms with van der Waals surface area (Å²) < 4.78 is 0. The molecular formula is C15H13N3O2S. The quantitative estimate of drug-likeness (QED) is 0.818. The summed E-state index contributed by atoms with van der Waals surface area (Å²) in [6, 6.07) is 11.2. The summed E-state index contributed by atoms with van der Waals surface area (Å²) in [4.78, 5) is 26.0. The molecule has 6 heteroatoms. The molecule has 5 nitrogen and oxygen atoms in total. The lowest BCUT2D eigenvalue weighted by atomic mass is 10.2. The van der Waals surface area contributed by atoms with Gasteiger partial charge in [0.25, 0.3) is 5.91 Å². The molecule has 1 atom stereocenters. The minimum atomic E-state index is -0.749. The topological polar surface area (TPSA) is 53.0 Å². The minimum absolute atomic E-state index is 0.207. The Bertz CT molecular complexity index is 696. The third-order valence-electron chi connectivity index (χ3n) is 3.27. The van der Waals surface area contributed by atoms with Gasteiger partial charge in [-0.25, -0.2) is 5.01 Å². The van der Waals surface area contributed by atoms with Gasteiger partial charge in [-0.05, 0) is 36.1 Å². The molecule has 0 bridgehead atoms. The highest BCUT2D eigenvalue weighted by Crippen LogP contribution is 2.25. The van der Waals surface area contributed by atoms with Gasteiger partial charge in [0.15, 0.2) is 12.5 Å². The Morgan fingerprint density at radius 3 is 2.67 bits per heavy atom. The number of nitrogens with zero attached hydrogens (tertiary/aromatic N) is 3. The van der Waals surface area contributed by atoms with Crippen LogP contribution < -0.4 is 5.01 Å². The van der Waals surface area contributed by atoms with Crippen LogP contribution in [-0.2, 0) is 4.79 Å². The van der Waals surface area contributed by atoms with Gasteiger partial charge < -0.3 is 0 Å². The molecule has 0 saturated carbocycles. The molecule has 0 radical (unpaired) electrons. The maximum Gasteiger partial charge on any atom is 0.271 e. The number of rotatable bonds is 3. The Balaban J connectivity index is 1.89. The number of aryl methyl sites for hydroxylation is 1. The minimum Gasteiger partial charge on any atom is -0.299 e. The molecule has 2 aromatic rings. The summed E-state index contributed by atoms with van der Waals surface area (Å²) in [5.74, 6) is -0.207. The van der Waals surface area contributed by atoms with Crippen molar-refractivity contribution in [3.05, 3.63) is 52.2 Å². The molecule has 1 aliphatic rings. The molecule has 3 rings (SSSR count). The summed E-state index contributed by atoms with van der Waals surface area (Å²) in [6.07, 6.45) is 1.38. The monoisotopic (exact) mass is 299 g/mol. The summed E-state index contributed by atoms with van der Waals surface area (Å²) in [5.41, 5.74) is 1.67. The maximum absolute atomic E-state index is 12.5. The van der Waals surface area contributed by atoms with Crippen molar-refractivity contribution >= 4 is 35.6 Å². The first-order chi connectivity index (χ1) is 10.2. The van der Waals surface area contributed by atoms with Crippen LogP contribution in [0.3, 0.4) is 0 Å². The van der Waals surface area contributed by atoms with Gasteiger partial charge in [0.2, 0.25) is 0 Å². The molecule has 2 heterocycles. The average Bonchev–Trinajstić information content (AvgIpc) is 3.13. The predicted octanol–water partition coefficient (Wildman–Crippen LogP) is 2.49. The number of carbonyl (C=O) groups excluding carboxylic acids is 2. The Morgan fingerprint density at radius 2 is 2.05 bits per heavy atom. The third kappa shape index (κ3) is 2.34. The fraction of sp³-hybridized carbons (Fsp3) is 0.133. The number of anilines is 1. The Hall–Kier alpha value is -2.47. The van der Waals surface area contributed by atoms with Crippen LogP contribution in [0, 0.1) is 6.92 Å². The molecule has 0 fully saturated rings. The fourth-order valence-corrected chi connectivity index (χ4v) is 3.04. The van der Waals surface area contributed by atoms with Crippen molar-refractivity contribution in [2.75, 3.05) is 5.01 Å². The predicted molar refractivity (Wildman–Crippen MR) is 82.5 cm³/mol. The van der Waals surface area contributed by atoms with E-state index in [0.717, 1.165) is 17.5 Å². The molecule has 1 amide bonds. The second-order valence-corrected chi connectivity index (χ2v) is 5.52. The van der Waals surface area contributed by atoms with Crippen LogP contribution in [0.1, 0.15) is 15.2 Å². The average molecular weight is 299 g/mol. The van der Waals surface area contributed by atoms with Crippen molar-refractivity contribution in [2.24, 2.45) is 5.10 Å². The first-order valence-electron chi connectivity index (χ1n) is 6.43. The van der Waals surface area contributed by atoms with Crippen molar-refractivity contribution in [1.29, 1.82) is 0 Å².